The number of aromatic carboxylic acids is 1. The molecule has 1 unspecified atom stereocenters. The molecule has 1 atom stereocenters. The summed E-state index contributed by atoms with van der Waals surface area (Å²) in [6.07, 6.45) is 9.78. The zero-order valence-electron chi connectivity index (χ0n) is 17.2. The van der Waals surface area contributed by atoms with Crippen LogP contribution in [-0.2, 0) is 16.0 Å². The van der Waals surface area contributed by atoms with E-state index in [1.165, 1.54) is 31.8 Å². The van der Waals surface area contributed by atoms with Gasteiger partial charge in [0.1, 0.15) is 0 Å². The molecule has 1 rings (SSSR count). The summed E-state index contributed by atoms with van der Waals surface area (Å²) >= 11 is 0. The fourth-order valence-electron chi connectivity index (χ4n) is 2.91. The van der Waals surface area contributed by atoms with E-state index in [2.05, 4.69) is 13.8 Å². The van der Waals surface area contributed by atoms with Gasteiger partial charge in [-0.15, -0.1) is 0 Å². The Kier molecular flexibility index (Phi) is 10.5. The summed E-state index contributed by atoms with van der Waals surface area (Å²) in [5.74, 6) is -0.460. The standard InChI is InChI=1S/C23H34O4/c1-5-6-8-18(4)9-7-10-19-11-13-21(23(25)26)20(15-19)12-14-22(24)27-16-17(2)3/h11-15,17-18H,5-10,16H2,1-4H3,(H,25,26)/b14-12+. The van der Waals surface area contributed by atoms with Gasteiger partial charge < -0.3 is 9.84 Å². The first-order valence-corrected chi connectivity index (χ1v) is 10.0. The smallest absolute Gasteiger partial charge is 0.336 e. The van der Waals surface area contributed by atoms with Gasteiger partial charge in [0.15, 0.2) is 0 Å². The molecule has 0 heterocycles. The summed E-state index contributed by atoms with van der Waals surface area (Å²) in [6.45, 7) is 8.79. The SMILES string of the molecule is CCCCC(C)CCCc1ccc(C(=O)O)c(/C=C/C(=O)OCC(C)C)c1. The number of ether oxygens (including phenoxy) is 1. The number of hydrogen-bond donors (Lipinski definition) is 1. The highest BCUT2D eigenvalue weighted by atomic mass is 16.5. The summed E-state index contributed by atoms with van der Waals surface area (Å²) in [6, 6.07) is 5.36. The van der Waals surface area contributed by atoms with E-state index < -0.39 is 11.9 Å². The van der Waals surface area contributed by atoms with Gasteiger partial charge in [-0.05, 0) is 47.9 Å². The van der Waals surface area contributed by atoms with Crippen molar-refractivity contribution in [1.82, 2.24) is 0 Å². The van der Waals surface area contributed by atoms with Crippen LogP contribution in [0.2, 0.25) is 0 Å². The van der Waals surface area contributed by atoms with Crippen molar-refractivity contribution in [2.75, 3.05) is 6.61 Å². The Morgan fingerprint density at radius 3 is 2.48 bits per heavy atom. The zero-order chi connectivity index (χ0) is 20.2. The first-order chi connectivity index (χ1) is 12.8. The second-order valence-corrected chi connectivity index (χ2v) is 7.72. The third kappa shape index (κ3) is 9.41. The molecule has 0 aromatic heterocycles. The monoisotopic (exact) mass is 374 g/mol. The van der Waals surface area contributed by atoms with Crippen LogP contribution in [0.1, 0.15) is 81.3 Å². The Morgan fingerprint density at radius 1 is 1.15 bits per heavy atom. The first kappa shape index (κ1) is 22.9. The highest BCUT2D eigenvalue weighted by molar-refractivity contribution is 5.95. The molecule has 0 radical (unpaired) electrons. The molecule has 0 saturated heterocycles. The van der Waals surface area contributed by atoms with E-state index in [4.69, 9.17) is 4.74 Å². The number of unbranched alkanes of at least 4 members (excludes halogenated alkanes) is 1. The van der Waals surface area contributed by atoms with E-state index in [9.17, 15) is 14.7 Å². The van der Waals surface area contributed by atoms with Crippen molar-refractivity contribution in [3.63, 3.8) is 0 Å². The maximum absolute atomic E-state index is 11.8. The molecule has 0 aliphatic heterocycles. The van der Waals surface area contributed by atoms with Gasteiger partial charge >= 0.3 is 11.9 Å². The van der Waals surface area contributed by atoms with Crippen LogP contribution in [0.15, 0.2) is 24.3 Å². The Balaban J connectivity index is 2.73. The highest BCUT2D eigenvalue weighted by Gasteiger charge is 2.10. The summed E-state index contributed by atoms with van der Waals surface area (Å²) in [5.41, 5.74) is 1.83. The van der Waals surface area contributed by atoms with Crippen LogP contribution in [-0.4, -0.2) is 23.7 Å². The van der Waals surface area contributed by atoms with Gasteiger partial charge in [0.2, 0.25) is 0 Å². The number of benzene rings is 1. The minimum Gasteiger partial charge on any atom is -0.478 e. The van der Waals surface area contributed by atoms with E-state index in [1.807, 2.05) is 26.0 Å². The molecule has 0 bridgehead atoms. The van der Waals surface area contributed by atoms with Gasteiger partial charge in [0.05, 0.1) is 12.2 Å². The fraction of sp³-hybridized carbons (Fsp3) is 0.565. The Morgan fingerprint density at radius 2 is 1.85 bits per heavy atom. The number of carbonyl (C=O) groups is 2. The average molecular weight is 375 g/mol. The summed E-state index contributed by atoms with van der Waals surface area (Å²) in [4.78, 5) is 23.2. The van der Waals surface area contributed by atoms with Crippen LogP contribution >= 0.6 is 0 Å². The average Bonchev–Trinajstić information content (AvgIpc) is 2.62. The molecule has 0 fully saturated rings. The van der Waals surface area contributed by atoms with Gasteiger partial charge in [-0.1, -0.05) is 65.5 Å². The maximum atomic E-state index is 11.8. The van der Waals surface area contributed by atoms with Gasteiger partial charge in [0, 0.05) is 6.08 Å². The van der Waals surface area contributed by atoms with Crippen LogP contribution in [0.5, 0.6) is 0 Å². The van der Waals surface area contributed by atoms with Crippen LogP contribution in [0.3, 0.4) is 0 Å². The van der Waals surface area contributed by atoms with Crippen molar-refractivity contribution < 1.29 is 19.4 Å². The van der Waals surface area contributed by atoms with Crippen LogP contribution in [0, 0.1) is 11.8 Å². The second-order valence-electron chi connectivity index (χ2n) is 7.72. The number of esters is 1. The van der Waals surface area contributed by atoms with Crippen LogP contribution < -0.4 is 0 Å². The van der Waals surface area contributed by atoms with Gasteiger partial charge in [-0.3, -0.25) is 0 Å². The molecule has 150 valence electrons. The molecular formula is C23H34O4. The molecule has 0 spiro atoms. The van der Waals surface area contributed by atoms with Gasteiger partial charge in [-0.25, -0.2) is 9.59 Å². The number of aryl methyl sites for hydroxylation is 1. The van der Waals surface area contributed by atoms with Crippen molar-refractivity contribution >= 4 is 18.0 Å². The second kappa shape index (κ2) is 12.3. The normalized spacial score (nSPS) is 12.5. The molecule has 0 amide bonds. The van der Waals surface area contributed by atoms with Crippen molar-refractivity contribution in [2.24, 2.45) is 11.8 Å². The van der Waals surface area contributed by atoms with E-state index in [0.717, 1.165) is 24.3 Å². The molecule has 1 aromatic carbocycles. The van der Waals surface area contributed by atoms with E-state index in [1.54, 1.807) is 12.1 Å². The molecule has 0 aliphatic rings. The summed E-state index contributed by atoms with van der Waals surface area (Å²) in [7, 11) is 0. The third-order valence-electron chi connectivity index (χ3n) is 4.52. The molecular weight excluding hydrogens is 340 g/mol. The van der Waals surface area contributed by atoms with Crippen molar-refractivity contribution in [3.05, 3.63) is 41.0 Å². The number of rotatable bonds is 12. The summed E-state index contributed by atoms with van der Waals surface area (Å²) in [5, 5.41) is 9.38. The molecule has 0 aliphatic carbocycles. The van der Waals surface area contributed by atoms with Crippen molar-refractivity contribution in [1.29, 1.82) is 0 Å². The molecule has 1 aromatic rings. The lowest BCUT2D eigenvalue weighted by molar-refractivity contribution is -0.138. The van der Waals surface area contributed by atoms with E-state index >= 15 is 0 Å². The zero-order valence-corrected chi connectivity index (χ0v) is 17.2. The fourth-order valence-corrected chi connectivity index (χ4v) is 2.91. The molecule has 1 N–H and O–H groups in total. The quantitative estimate of drug-likeness (QED) is 0.374. The van der Waals surface area contributed by atoms with Gasteiger partial charge in [-0.2, -0.15) is 0 Å². The molecule has 27 heavy (non-hydrogen) atoms. The van der Waals surface area contributed by atoms with E-state index in [0.29, 0.717) is 12.2 Å². The molecule has 4 nitrogen and oxygen atoms in total. The number of hydrogen-bond acceptors (Lipinski definition) is 3. The molecule has 4 heteroatoms. The Hall–Kier alpha value is -2.10. The van der Waals surface area contributed by atoms with Crippen molar-refractivity contribution in [3.8, 4) is 0 Å². The lowest BCUT2D eigenvalue weighted by Gasteiger charge is -2.11. The highest BCUT2D eigenvalue weighted by Crippen LogP contribution is 2.19. The van der Waals surface area contributed by atoms with Crippen LogP contribution in [0.4, 0.5) is 0 Å². The largest absolute Gasteiger partial charge is 0.478 e. The third-order valence-corrected chi connectivity index (χ3v) is 4.52. The topological polar surface area (TPSA) is 63.6 Å². The minimum absolute atomic E-state index is 0.197. The predicted octanol–water partition coefficient (Wildman–Crippen LogP) is 5.75. The minimum atomic E-state index is -0.995. The number of carbonyl (C=O) groups excluding carboxylic acids is 1. The lowest BCUT2D eigenvalue weighted by Crippen LogP contribution is -2.07. The molecule has 0 saturated carbocycles. The Bertz CT molecular complexity index is 631. The first-order valence-electron chi connectivity index (χ1n) is 10.0. The maximum Gasteiger partial charge on any atom is 0.336 e. The van der Waals surface area contributed by atoms with Crippen LogP contribution in [0.25, 0.3) is 6.08 Å². The number of carboxylic acid groups (broad SMARTS) is 1. The number of carboxylic acids is 1. The predicted molar refractivity (Wildman–Crippen MR) is 110 cm³/mol. The summed E-state index contributed by atoms with van der Waals surface area (Å²) < 4.78 is 5.11. The van der Waals surface area contributed by atoms with Crippen molar-refractivity contribution in [2.45, 2.75) is 66.2 Å². The lowest BCUT2D eigenvalue weighted by atomic mass is 9.95. The Labute approximate surface area is 163 Å². The van der Waals surface area contributed by atoms with E-state index in [-0.39, 0.29) is 11.5 Å². The van der Waals surface area contributed by atoms with Gasteiger partial charge in [0.25, 0.3) is 0 Å².